The number of ketones is 1. The van der Waals surface area contributed by atoms with Crippen LogP contribution in [0.5, 0.6) is 5.75 Å². The highest BCUT2D eigenvalue weighted by Crippen LogP contribution is 2.30. The highest BCUT2D eigenvalue weighted by Gasteiger charge is 2.07. The monoisotopic (exact) mass is 334 g/mol. The Balaban J connectivity index is 2.28. The second-order valence-corrected chi connectivity index (χ2v) is 5.19. The Labute approximate surface area is 126 Å². The summed E-state index contributed by atoms with van der Waals surface area (Å²) in [4.78, 5) is 11.5. The number of carbonyl (C=O) groups excluding carboxylic acids is 1. The van der Waals surface area contributed by atoms with Gasteiger partial charge in [0.05, 0.1) is 11.6 Å². The maximum Gasteiger partial charge on any atom is 0.161 e. The van der Waals surface area contributed by atoms with Crippen LogP contribution in [0.1, 0.15) is 17.3 Å². The van der Waals surface area contributed by atoms with E-state index >= 15 is 0 Å². The number of carbonyl (C=O) groups is 1. The third-order valence-electron chi connectivity index (χ3n) is 2.87. The summed E-state index contributed by atoms with van der Waals surface area (Å²) < 4.78 is 6.03. The lowest BCUT2D eigenvalue weighted by Gasteiger charge is -2.11. The molecule has 4 nitrogen and oxygen atoms in total. The maximum atomic E-state index is 11.5. The van der Waals surface area contributed by atoms with Crippen LogP contribution in [0.3, 0.4) is 0 Å². The summed E-state index contributed by atoms with van der Waals surface area (Å²) in [5, 5.41) is 3.23. The second-order valence-electron chi connectivity index (χ2n) is 4.33. The lowest BCUT2D eigenvalue weighted by Crippen LogP contribution is -2.01. The normalized spacial score (nSPS) is 10.2. The first kappa shape index (κ1) is 14.4. The van der Waals surface area contributed by atoms with E-state index in [4.69, 9.17) is 10.5 Å². The molecule has 0 unspecified atom stereocenters. The van der Waals surface area contributed by atoms with E-state index in [1.807, 2.05) is 24.3 Å². The highest BCUT2D eigenvalue weighted by molar-refractivity contribution is 9.10. The molecule has 2 aromatic carbocycles. The molecule has 0 aliphatic rings. The minimum absolute atomic E-state index is 0.0536. The molecule has 2 rings (SSSR count). The van der Waals surface area contributed by atoms with Crippen molar-refractivity contribution in [3.63, 3.8) is 0 Å². The summed E-state index contributed by atoms with van der Waals surface area (Å²) in [7, 11) is 1.62. The van der Waals surface area contributed by atoms with Crippen LogP contribution in [0, 0.1) is 0 Å². The molecule has 0 aliphatic heterocycles. The summed E-state index contributed by atoms with van der Waals surface area (Å²) in [5.41, 5.74) is 8.47. The van der Waals surface area contributed by atoms with Gasteiger partial charge in [0.25, 0.3) is 0 Å². The third kappa shape index (κ3) is 3.11. The van der Waals surface area contributed by atoms with Gasteiger partial charge in [0.1, 0.15) is 5.75 Å². The largest absolute Gasteiger partial charge is 0.496 e. The number of nitrogen functional groups attached to an aromatic ring is 1. The minimum Gasteiger partial charge on any atom is -0.496 e. The van der Waals surface area contributed by atoms with Crippen molar-refractivity contribution in [1.29, 1.82) is 0 Å². The zero-order chi connectivity index (χ0) is 14.7. The molecule has 0 amide bonds. The molecular formula is C15H15BrN2O2. The van der Waals surface area contributed by atoms with Gasteiger partial charge in [-0.3, -0.25) is 4.79 Å². The number of benzene rings is 2. The quantitative estimate of drug-likeness (QED) is 0.655. The van der Waals surface area contributed by atoms with Gasteiger partial charge >= 0.3 is 0 Å². The number of Topliss-reactive ketones (excluding diaryl/α,β-unsaturated/α-hetero) is 1. The van der Waals surface area contributed by atoms with Crippen molar-refractivity contribution in [3.05, 3.63) is 46.4 Å². The van der Waals surface area contributed by atoms with Gasteiger partial charge in [-0.15, -0.1) is 0 Å². The van der Waals surface area contributed by atoms with Crippen molar-refractivity contribution in [1.82, 2.24) is 0 Å². The van der Waals surface area contributed by atoms with Crippen LogP contribution in [-0.2, 0) is 0 Å². The summed E-state index contributed by atoms with van der Waals surface area (Å²) in [6.07, 6.45) is 0. The molecule has 0 aromatic heterocycles. The molecule has 0 saturated carbocycles. The van der Waals surface area contributed by atoms with Gasteiger partial charge in [0.15, 0.2) is 5.78 Å². The van der Waals surface area contributed by atoms with Gasteiger partial charge in [-0.25, -0.2) is 0 Å². The Hall–Kier alpha value is -2.01. The summed E-state index contributed by atoms with van der Waals surface area (Å²) >= 11 is 3.43. The Morgan fingerprint density at radius 3 is 2.45 bits per heavy atom. The molecule has 104 valence electrons. The average molecular weight is 335 g/mol. The summed E-state index contributed by atoms with van der Waals surface area (Å²) in [6, 6.07) is 11.0. The number of rotatable bonds is 4. The van der Waals surface area contributed by atoms with Crippen LogP contribution in [0.25, 0.3) is 0 Å². The number of hydrogen-bond acceptors (Lipinski definition) is 4. The van der Waals surface area contributed by atoms with Gasteiger partial charge in [-0.1, -0.05) is 0 Å². The van der Waals surface area contributed by atoms with E-state index in [1.165, 1.54) is 6.92 Å². The van der Waals surface area contributed by atoms with E-state index < -0.39 is 0 Å². The molecule has 0 atom stereocenters. The van der Waals surface area contributed by atoms with Crippen LogP contribution in [-0.4, -0.2) is 12.9 Å². The van der Waals surface area contributed by atoms with Gasteiger partial charge < -0.3 is 15.8 Å². The SMILES string of the molecule is COc1ccc(Nc2ccc(N)c(C(C)=O)c2)cc1Br. The van der Waals surface area contributed by atoms with E-state index in [-0.39, 0.29) is 5.78 Å². The first-order chi connectivity index (χ1) is 9.51. The number of methoxy groups -OCH3 is 1. The van der Waals surface area contributed by atoms with Crippen molar-refractivity contribution in [2.45, 2.75) is 6.92 Å². The Morgan fingerprint density at radius 1 is 1.20 bits per heavy atom. The summed E-state index contributed by atoms with van der Waals surface area (Å²) in [6.45, 7) is 1.50. The fourth-order valence-corrected chi connectivity index (χ4v) is 2.39. The summed E-state index contributed by atoms with van der Waals surface area (Å²) in [5.74, 6) is 0.708. The molecule has 0 fully saturated rings. The maximum absolute atomic E-state index is 11.5. The molecule has 0 spiro atoms. The number of hydrogen-bond donors (Lipinski definition) is 2. The van der Waals surface area contributed by atoms with Gasteiger partial charge in [0.2, 0.25) is 0 Å². The molecule has 0 aliphatic carbocycles. The molecule has 0 radical (unpaired) electrons. The van der Waals surface area contributed by atoms with Crippen LogP contribution >= 0.6 is 15.9 Å². The van der Waals surface area contributed by atoms with Crippen molar-refractivity contribution < 1.29 is 9.53 Å². The fourth-order valence-electron chi connectivity index (χ4n) is 1.85. The highest BCUT2D eigenvalue weighted by atomic mass is 79.9. The van der Waals surface area contributed by atoms with Gasteiger partial charge in [-0.2, -0.15) is 0 Å². The van der Waals surface area contributed by atoms with Crippen molar-refractivity contribution in [2.24, 2.45) is 0 Å². The van der Waals surface area contributed by atoms with Gasteiger partial charge in [0, 0.05) is 22.6 Å². The van der Waals surface area contributed by atoms with E-state index in [9.17, 15) is 4.79 Å². The molecule has 0 saturated heterocycles. The minimum atomic E-state index is -0.0536. The number of halogens is 1. The second kappa shape index (κ2) is 5.96. The molecule has 2 aromatic rings. The van der Waals surface area contributed by atoms with Crippen molar-refractivity contribution >= 4 is 38.8 Å². The van der Waals surface area contributed by atoms with E-state index in [0.29, 0.717) is 11.3 Å². The van der Waals surface area contributed by atoms with Crippen molar-refractivity contribution in [2.75, 3.05) is 18.2 Å². The smallest absolute Gasteiger partial charge is 0.161 e. The number of nitrogens with two attached hydrogens (primary N) is 1. The standard InChI is InChI=1S/C15H15BrN2O2/c1-9(19)12-7-10(3-5-14(12)17)18-11-4-6-15(20-2)13(16)8-11/h3-8,18H,17H2,1-2H3. The predicted molar refractivity (Wildman–Crippen MR) is 84.8 cm³/mol. The van der Waals surface area contributed by atoms with E-state index in [0.717, 1.165) is 21.6 Å². The lowest BCUT2D eigenvalue weighted by atomic mass is 10.1. The first-order valence-corrected chi connectivity index (χ1v) is 6.81. The molecule has 0 bridgehead atoms. The van der Waals surface area contributed by atoms with E-state index in [2.05, 4.69) is 21.2 Å². The molecule has 0 heterocycles. The predicted octanol–water partition coefficient (Wildman–Crippen LogP) is 3.99. The Kier molecular flexibility index (Phi) is 4.29. The molecule has 5 heteroatoms. The Morgan fingerprint density at radius 2 is 1.85 bits per heavy atom. The van der Waals surface area contributed by atoms with Crippen LogP contribution in [0.15, 0.2) is 40.9 Å². The van der Waals surface area contributed by atoms with Crippen LogP contribution in [0.4, 0.5) is 17.1 Å². The van der Waals surface area contributed by atoms with E-state index in [1.54, 1.807) is 19.2 Å². The lowest BCUT2D eigenvalue weighted by molar-refractivity contribution is 0.101. The molecule has 3 N–H and O–H groups in total. The third-order valence-corrected chi connectivity index (χ3v) is 3.49. The zero-order valence-corrected chi connectivity index (χ0v) is 12.8. The molecular weight excluding hydrogens is 320 g/mol. The average Bonchev–Trinajstić information content (AvgIpc) is 2.41. The van der Waals surface area contributed by atoms with Crippen molar-refractivity contribution in [3.8, 4) is 5.75 Å². The number of ether oxygens (including phenoxy) is 1. The fraction of sp³-hybridized carbons (Fsp3) is 0.133. The number of nitrogens with one attached hydrogen (secondary N) is 1. The topological polar surface area (TPSA) is 64.3 Å². The number of anilines is 3. The van der Waals surface area contributed by atoms with Crippen LogP contribution < -0.4 is 15.8 Å². The zero-order valence-electron chi connectivity index (χ0n) is 11.2. The van der Waals surface area contributed by atoms with Crippen LogP contribution in [0.2, 0.25) is 0 Å². The molecule has 20 heavy (non-hydrogen) atoms. The Bertz CT molecular complexity index is 656. The van der Waals surface area contributed by atoms with Gasteiger partial charge in [-0.05, 0) is 59.3 Å². The first-order valence-electron chi connectivity index (χ1n) is 6.02.